The molecular weight excluding hydrogens is 587 g/mol. The van der Waals surface area contributed by atoms with Gasteiger partial charge in [-0.1, -0.05) is 23.6 Å². The maximum Gasteiger partial charge on any atom is 0.417 e. The number of rotatable bonds is 4. The van der Waals surface area contributed by atoms with Crippen LogP contribution in [0.2, 0.25) is 5.02 Å². The Kier molecular flexibility index (Phi) is 8.00. The van der Waals surface area contributed by atoms with E-state index in [0.717, 1.165) is 11.6 Å². The van der Waals surface area contributed by atoms with E-state index in [4.69, 9.17) is 17.3 Å². The lowest BCUT2D eigenvalue weighted by molar-refractivity contribution is -0.138. The normalized spacial score (nSPS) is 15.7. The molecule has 3 heterocycles. The number of aliphatic hydroxyl groups is 1. The van der Waals surface area contributed by atoms with Crippen molar-refractivity contribution >= 4 is 46.0 Å². The van der Waals surface area contributed by atoms with Crippen LogP contribution in [0.25, 0.3) is 11.0 Å². The lowest BCUT2D eigenvalue weighted by atomic mass is 10.1. The number of nitrogens with two attached hydrogens (primary N) is 1. The number of nitrogens with zero attached hydrogens (tertiary/aromatic N) is 5. The van der Waals surface area contributed by atoms with Crippen molar-refractivity contribution in [2.75, 3.05) is 24.1 Å². The molecule has 2 atom stereocenters. The molecule has 5 rings (SSSR count). The molecule has 4 N–H and O–H groups in total. The Morgan fingerprint density at radius 3 is 2.67 bits per heavy atom. The third-order valence-corrected chi connectivity index (χ3v) is 7.37. The van der Waals surface area contributed by atoms with Gasteiger partial charge in [0.1, 0.15) is 23.9 Å². The standard InChI is InChI=1S/C29H25ClF3N7O3/c1-15-3-6-19(37-27(42)18-4-7-22(30)21(12-18)29(31,32)33)11-17(15)5-8-23-24-25(34)35-14-36-26(24)40(38-23)20-9-10-39(13-20)28(43)16(2)41/h3-4,6-7,11-12,14,16,20,41H,9-10,13H2,1-2H3,(H,37,42)(H2,34,35,36)/t16-,20+/m0/s1. The van der Waals surface area contributed by atoms with Crippen LogP contribution in [-0.2, 0) is 11.0 Å². The minimum Gasteiger partial charge on any atom is -0.384 e. The number of nitrogen functional groups attached to an aromatic ring is 1. The van der Waals surface area contributed by atoms with Gasteiger partial charge in [0.05, 0.1) is 22.0 Å². The summed E-state index contributed by atoms with van der Waals surface area (Å²) in [5.74, 6) is 5.10. The molecule has 0 bridgehead atoms. The summed E-state index contributed by atoms with van der Waals surface area (Å²) in [5.41, 5.74) is 7.22. The highest BCUT2D eigenvalue weighted by atomic mass is 35.5. The molecule has 14 heteroatoms. The number of carbonyl (C=O) groups is 2. The second kappa shape index (κ2) is 11.5. The zero-order chi connectivity index (χ0) is 31.1. The third kappa shape index (κ3) is 6.11. The number of aliphatic hydroxyl groups excluding tert-OH is 1. The Balaban J connectivity index is 1.43. The SMILES string of the molecule is Cc1ccc(NC(=O)c2ccc(Cl)c(C(F)(F)F)c2)cc1C#Cc1nn([C@@H]2CCN(C(=O)[C@H](C)O)C2)c2ncnc(N)c12. The quantitative estimate of drug-likeness (QED) is 0.294. The molecule has 0 radical (unpaired) electrons. The van der Waals surface area contributed by atoms with Crippen molar-refractivity contribution in [1.29, 1.82) is 0 Å². The van der Waals surface area contributed by atoms with Crippen LogP contribution in [0.5, 0.6) is 0 Å². The molecule has 1 fully saturated rings. The van der Waals surface area contributed by atoms with E-state index >= 15 is 0 Å². The Morgan fingerprint density at radius 1 is 1.19 bits per heavy atom. The predicted octanol–water partition coefficient (Wildman–Crippen LogP) is 4.20. The molecule has 1 saturated heterocycles. The number of anilines is 2. The Hall–Kier alpha value is -4.67. The fourth-order valence-electron chi connectivity index (χ4n) is 4.79. The number of nitrogens with one attached hydrogen (secondary N) is 1. The Bertz CT molecular complexity index is 1810. The van der Waals surface area contributed by atoms with Gasteiger partial charge in [-0.25, -0.2) is 14.6 Å². The molecule has 43 heavy (non-hydrogen) atoms. The van der Waals surface area contributed by atoms with Crippen LogP contribution in [-0.4, -0.2) is 60.8 Å². The predicted molar refractivity (Wildman–Crippen MR) is 153 cm³/mol. The summed E-state index contributed by atoms with van der Waals surface area (Å²) in [6.45, 7) is 4.01. The summed E-state index contributed by atoms with van der Waals surface area (Å²) in [5, 5.41) is 16.9. The number of hydrogen-bond donors (Lipinski definition) is 3. The number of carbonyl (C=O) groups excluding carboxylic acids is 2. The van der Waals surface area contributed by atoms with Crippen LogP contribution in [0.15, 0.2) is 42.7 Å². The maximum atomic E-state index is 13.3. The fraction of sp³-hybridized carbons (Fsp3) is 0.276. The summed E-state index contributed by atoms with van der Waals surface area (Å²) in [6.07, 6.45) is -3.92. The van der Waals surface area contributed by atoms with Gasteiger partial charge in [-0.05, 0) is 62.1 Å². The van der Waals surface area contributed by atoms with Crippen molar-refractivity contribution < 1.29 is 27.9 Å². The van der Waals surface area contributed by atoms with E-state index in [1.807, 2.05) is 6.92 Å². The van der Waals surface area contributed by atoms with Crippen LogP contribution >= 0.6 is 11.6 Å². The summed E-state index contributed by atoms with van der Waals surface area (Å²) in [4.78, 5) is 35.0. The molecule has 0 unspecified atom stereocenters. The van der Waals surface area contributed by atoms with Crippen LogP contribution < -0.4 is 11.1 Å². The number of likely N-dealkylation sites (tertiary alicyclic amines) is 1. The molecule has 0 spiro atoms. The highest BCUT2D eigenvalue weighted by Crippen LogP contribution is 2.35. The smallest absolute Gasteiger partial charge is 0.384 e. The molecule has 1 aliphatic rings. The molecule has 0 saturated carbocycles. The van der Waals surface area contributed by atoms with E-state index in [2.05, 4.69) is 32.2 Å². The Labute approximate surface area is 248 Å². The van der Waals surface area contributed by atoms with Crippen LogP contribution in [0, 0.1) is 18.8 Å². The van der Waals surface area contributed by atoms with E-state index in [0.29, 0.717) is 53.6 Å². The first kappa shape index (κ1) is 29.8. The number of amides is 2. The topological polar surface area (TPSA) is 139 Å². The first-order valence-electron chi connectivity index (χ1n) is 13.1. The van der Waals surface area contributed by atoms with Crippen molar-refractivity contribution in [3.05, 3.63) is 75.7 Å². The minimum absolute atomic E-state index is 0.175. The van der Waals surface area contributed by atoms with Crippen LogP contribution in [0.3, 0.4) is 0 Å². The van der Waals surface area contributed by atoms with Gasteiger partial charge in [0.15, 0.2) is 5.65 Å². The van der Waals surface area contributed by atoms with Gasteiger partial charge in [-0.3, -0.25) is 9.59 Å². The molecule has 222 valence electrons. The molecule has 2 amide bonds. The highest BCUT2D eigenvalue weighted by molar-refractivity contribution is 6.31. The fourth-order valence-corrected chi connectivity index (χ4v) is 5.02. The number of aryl methyl sites for hydroxylation is 1. The molecule has 2 aromatic heterocycles. The van der Waals surface area contributed by atoms with Crippen LogP contribution in [0.1, 0.15) is 52.1 Å². The van der Waals surface area contributed by atoms with Crippen molar-refractivity contribution in [1.82, 2.24) is 24.6 Å². The van der Waals surface area contributed by atoms with E-state index in [1.54, 1.807) is 27.8 Å². The van der Waals surface area contributed by atoms with Crippen LogP contribution in [0.4, 0.5) is 24.7 Å². The lowest BCUT2D eigenvalue weighted by Gasteiger charge is -2.18. The molecule has 4 aromatic rings. The number of alkyl halides is 3. The van der Waals surface area contributed by atoms with E-state index in [1.165, 1.54) is 19.3 Å². The highest BCUT2D eigenvalue weighted by Gasteiger charge is 2.34. The zero-order valence-corrected chi connectivity index (χ0v) is 23.7. The van der Waals surface area contributed by atoms with Gasteiger partial charge in [0, 0.05) is 29.9 Å². The van der Waals surface area contributed by atoms with E-state index < -0.39 is 28.8 Å². The Morgan fingerprint density at radius 2 is 1.95 bits per heavy atom. The lowest BCUT2D eigenvalue weighted by Crippen LogP contribution is -2.36. The summed E-state index contributed by atoms with van der Waals surface area (Å²) < 4.78 is 41.4. The molecule has 1 aliphatic heterocycles. The zero-order valence-electron chi connectivity index (χ0n) is 22.9. The first-order valence-corrected chi connectivity index (χ1v) is 13.5. The molecule has 0 aliphatic carbocycles. The number of fused-ring (bicyclic) bond motifs is 1. The third-order valence-electron chi connectivity index (χ3n) is 7.04. The molecule has 2 aromatic carbocycles. The maximum absolute atomic E-state index is 13.3. The summed E-state index contributed by atoms with van der Waals surface area (Å²) >= 11 is 5.67. The van der Waals surface area contributed by atoms with E-state index in [9.17, 15) is 27.9 Å². The largest absolute Gasteiger partial charge is 0.417 e. The molecule has 10 nitrogen and oxygen atoms in total. The number of aromatic nitrogens is 4. The number of benzene rings is 2. The van der Waals surface area contributed by atoms with Crippen molar-refractivity contribution in [2.45, 2.75) is 38.6 Å². The van der Waals surface area contributed by atoms with Crippen molar-refractivity contribution in [3.63, 3.8) is 0 Å². The van der Waals surface area contributed by atoms with Crippen molar-refractivity contribution in [3.8, 4) is 11.8 Å². The first-order chi connectivity index (χ1) is 20.3. The van der Waals surface area contributed by atoms with Gasteiger partial charge < -0.3 is 21.1 Å². The van der Waals surface area contributed by atoms with E-state index in [-0.39, 0.29) is 23.3 Å². The van der Waals surface area contributed by atoms with Gasteiger partial charge in [-0.2, -0.15) is 18.3 Å². The van der Waals surface area contributed by atoms with Gasteiger partial charge in [0.2, 0.25) is 0 Å². The van der Waals surface area contributed by atoms with Gasteiger partial charge in [-0.15, -0.1) is 0 Å². The number of hydrogen-bond acceptors (Lipinski definition) is 7. The monoisotopic (exact) mass is 611 g/mol. The number of halogens is 4. The average Bonchev–Trinajstić information content (AvgIpc) is 3.58. The van der Waals surface area contributed by atoms with Gasteiger partial charge >= 0.3 is 6.18 Å². The molecular formula is C29H25ClF3N7O3. The minimum atomic E-state index is -4.71. The second-order valence-electron chi connectivity index (χ2n) is 10.1. The summed E-state index contributed by atoms with van der Waals surface area (Å²) in [7, 11) is 0. The van der Waals surface area contributed by atoms with Gasteiger partial charge in [0.25, 0.3) is 11.8 Å². The summed E-state index contributed by atoms with van der Waals surface area (Å²) in [6, 6.07) is 7.62. The van der Waals surface area contributed by atoms with Crippen molar-refractivity contribution in [2.24, 2.45) is 0 Å². The second-order valence-corrected chi connectivity index (χ2v) is 10.5. The average molecular weight is 612 g/mol.